The van der Waals surface area contributed by atoms with E-state index in [1.165, 1.54) is 37.4 Å². The number of carbonyl (C=O) groups excluding carboxylic acids is 1. The van der Waals surface area contributed by atoms with Gasteiger partial charge in [0.15, 0.2) is 5.16 Å². The Kier molecular flexibility index (Phi) is 4.08. The summed E-state index contributed by atoms with van der Waals surface area (Å²) in [4.78, 5) is 12.5. The van der Waals surface area contributed by atoms with E-state index < -0.39 is 0 Å². The zero-order chi connectivity index (χ0) is 16.7. The molecule has 0 saturated heterocycles. The molecule has 1 aromatic carbocycles. The Bertz CT molecular complexity index is 764. The summed E-state index contributed by atoms with van der Waals surface area (Å²) in [5.41, 5.74) is 1.98. The highest BCUT2D eigenvalue weighted by Crippen LogP contribution is 2.46. The molecule has 1 atom stereocenters. The molecule has 126 valence electrons. The molecule has 1 heterocycles. The molecule has 2 aromatic rings. The number of carbonyl (C=O) groups is 1. The standard InChI is InChI=1S/C18H22N4OS/c1-11-4-3-5-14(10-11)19-17(23)12(2)24-18-21-20-16(13-6-7-13)22(18)15-8-9-15/h3-5,10,12-13,15H,6-9H2,1-2H3,(H,19,23). The summed E-state index contributed by atoms with van der Waals surface area (Å²) in [6.45, 7) is 3.95. The molecular weight excluding hydrogens is 320 g/mol. The summed E-state index contributed by atoms with van der Waals surface area (Å²) in [6.07, 6.45) is 4.85. The second-order valence-corrected chi connectivity index (χ2v) is 8.14. The van der Waals surface area contributed by atoms with Gasteiger partial charge in [-0.25, -0.2) is 0 Å². The summed E-state index contributed by atoms with van der Waals surface area (Å²) >= 11 is 1.51. The van der Waals surface area contributed by atoms with E-state index in [1.807, 2.05) is 38.1 Å². The van der Waals surface area contributed by atoms with Crippen molar-refractivity contribution in [3.8, 4) is 0 Å². The lowest BCUT2D eigenvalue weighted by molar-refractivity contribution is -0.115. The third-order valence-electron chi connectivity index (χ3n) is 4.48. The molecule has 2 saturated carbocycles. The Labute approximate surface area is 146 Å². The van der Waals surface area contributed by atoms with Crippen molar-refractivity contribution in [1.29, 1.82) is 0 Å². The molecule has 2 fully saturated rings. The molecule has 1 N–H and O–H groups in total. The summed E-state index contributed by atoms with van der Waals surface area (Å²) in [5.74, 6) is 1.72. The second-order valence-electron chi connectivity index (χ2n) is 6.84. The van der Waals surface area contributed by atoms with Crippen LogP contribution in [0, 0.1) is 6.92 Å². The van der Waals surface area contributed by atoms with Gasteiger partial charge in [-0.3, -0.25) is 4.79 Å². The number of amides is 1. The van der Waals surface area contributed by atoms with Crippen LogP contribution < -0.4 is 5.32 Å². The van der Waals surface area contributed by atoms with Crippen molar-refractivity contribution in [2.45, 2.75) is 61.9 Å². The summed E-state index contributed by atoms with van der Waals surface area (Å²) in [5, 5.41) is 12.5. The maximum absolute atomic E-state index is 12.5. The van der Waals surface area contributed by atoms with Gasteiger partial charge >= 0.3 is 0 Å². The topological polar surface area (TPSA) is 59.8 Å². The van der Waals surface area contributed by atoms with Crippen molar-refractivity contribution in [3.05, 3.63) is 35.7 Å². The summed E-state index contributed by atoms with van der Waals surface area (Å²) in [6, 6.07) is 8.41. The minimum atomic E-state index is -0.209. The normalized spacial score (nSPS) is 18.4. The number of aryl methyl sites for hydroxylation is 1. The molecule has 5 nitrogen and oxygen atoms in total. The number of thioether (sulfide) groups is 1. The van der Waals surface area contributed by atoms with E-state index in [-0.39, 0.29) is 11.2 Å². The van der Waals surface area contributed by atoms with Gasteiger partial charge in [-0.1, -0.05) is 23.9 Å². The van der Waals surface area contributed by atoms with Crippen molar-refractivity contribution in [2.75, 3.05) is 5.32 Å². The molecule has 1 amide bonds. The summed E-state index contributed by atoms with van der Waals surface area (Å²) < 4.78 is 2.29. The van der Waals surface area contributed by atoms with Gasteiger partial charge in [0.25, 0.3) is 0 Å². The van der Waals surface area contributed by atoms with Gasteiger partial charge in [-0.15, -0.1) is 10.2 Å². The fourth-order valence-corrected chi connectivity index (χ4v) is 3.77. The predicted octanol–water partition coefficient (Wildman–Crippen LogP) is 3.92. The molecule has 1 unspecified atom stereocenters. The van der Waals surface area contributed by atoms with Crippen LogP contribution in [0.15, 0.2) is 29.4 Å². The van der Waals surface area contributed by atoms with E-state index in [9.17, 15) is 4.79 Å². The number of nitrogens with one attached hydrogen (secondary N) is 1. The Balaban J connectivity index is 1.46. The Morgan fingerprint density at radius 3 is 2.75 bits per heavy atom. The Morgan fingerprint density at radius 1 is 1.29 bits per heavy atom. The van der Waals surface area contributed by atoms with Crippen LogP contribution in [0.2, 0.25) is 0 Å². The first-order valence-corrected chi connectivity index (χ1v) is 9.49. The highest BCUT2D eigenvalue weighted by Gasteiger charge is 2.37. The van der Waals surface area contributed by atoms with Gasteiger partial charge in [-0.05, 0) is 57.2 Å². The van der Waals surface area contributed by atoms with Crippen molar-refractivity contribution >= 4 is 23.4 Å². The van der Waals surface area contributed by atoms with Crippen molar-refractivity contribution in [3.63, 3.8) is 0 Å². The maximum Gasteiger partial charge on any atom is 0.237 e. The fourth-order valence-electron chi connectivity index (χ4n) is 2.84. The molecule has 2 aliphatic carbocycles. The monoisotopic (exact) mass is 342 g/mol. The number of benzene rings is 1. The zero-order valence-electron chi connectivity index (χ0n) is 14.0. The smallest absolute Gasteiger partial charge is 0.237 e. The van der Waals surface area contributed by atoms with Crippen molar-refractivity contribution in [1.82, 2.24) is 14.8 Å². The molecule has 6 heteroatoms. The number of aromatic nitrogens is 3. The third kappa shape index (κ3) is 3.34. The van der Waals surface area contributed by atoms with E-state index in [1.54, 1.807) is 0 Å². The maximum atomic E-state index is 12.5. The second kappa shape index (κ2) is 6.24. The van der Waals surface area contributed by atoms with Gasteiger partial charge in [0.1, 0.15) is 5.82 Å². The van der Waals surface area contributed by atoms with Gasteiger partial charge in [0, 0.05) is 17.6 Å². The van der Waals surface area contributed by atoms with Gasteiger partial charge in [-0.2, -0.15) is 0 Å². The highest BCUT2D eigenvalue weighted by atomic mass is 32.2. The number of rotatable bonds is 6. The molecule has 24 heavy (non-hydrogen) atoms. The first-order valence-electron chi connectivity index (χ1n) is 8.61. The van der Waals surface area contributed by atoms with Crippen LogP contribution in [0.3, 0.4) is 0 Å². The van der Waals surface area contributed by atoms with E-state index >= 15 is 0 Å². The van der Waals surface area contributed by atoms with Gasteiger partial charge < -0.3 is 9.88 Å². The first-order chi connectivity index (χ1) is 11.6. The quantitative estimate of drug-likeness (QED) is 0.808. The molecule has 1 aromatic heterocycles. The van der Waals surface area contributed by atoms with Crippen LogP contribution in [-0.4, -0.2) is 25.9 Å². The Morgan fingerprint density at radius 2 is 2.08 bits per heavy atom. The van der Waals surface area contributed by atoms with Gasteiger partial charge in [0.05, 0.1) is 5.25 Å². The average molecular weight is 342 g/mol. The Hall–Kier alpha value is -1.82. The molecular formula is C18H22N4OS. The first kappa shape index (κ1) is 15.7. The van der Waals surface area contributed by atoms with E-state index in [2.05, 4.69) is 20.1 Å². The predicted molar refractivity (Wildman–Crippen MR) is 95.4 cm³/mol. The minimum absolute atomic E-state index is 0.00363. The van der Waals surface area contributed by atoms with Crippen LogP contribution in [0.1, 0.15) is 56.0 Å². The van der Waals surface area contributed by atoms with E-state index in [0.29, 0.717) is 12.0 Å². The lowest BCUT2D eigenvalue weighted by atomic mass is 10.2. The van der Waals surface area contributed by atoms with Crippen LogP contribution in [-0.2, 0) is 4.79 Å². The lowest BCUT2D eigenvalue weighted by Crippen LogP contribution is -2.23. The van der Waals surface area contributed by atoms with E-state index in [0.717, 1.165) is 22.2 Å². The molecule has 2 aliphatic rings. The SMILES string of the molecule is Cc1cccc(NC(=O)C(C)Sc2nnc(C3CC3)n2C2CC2)c1. The fraction of sp³-hybridized carbons (Fsp3) is 0.500. The van der Waals surface area contributed by atoms with Crippen LogP contribution in [0.5, 0.6) is 0 Å². The molecule has 0 radical (unpaired) electrons. The number of nitrogens with zero attached hydrogens (tertiary/aromatic N) is 3. The molecule has 4 rings (SSSR count). The minimum Gasteiger partial charge on any atom is -0.325 e. The van der Waals surface area contributed by atoms with Gasteiger partial charge in [0.2, 0.25) is 5.91 Å². The van der Waals surface area contributed by atoms with Crippen molar-refractivity contribution in [2.24, 2.45) is 0 Å². The number of anilines is 1. The largest absolute Gasteiger partial charge is 0.325 e. The van der Waals surface area contributed by atoms with Crippen LogP contribution in [0.4, 0.5) is 5.69 Å². The zero-order valence-corrected chi connectivity index (χ0v) is 14.8. The highest BCUT2D eigenvalue weighted by molar-refractivity contribution is 8.00. The number of hydrogen-bond donors (Lipinski definition) is 1. The van der Waals surface area contributed by atoms with Crippen molar-refractivity contribution < 1.29 is 4.79 Å². The molecule has 0 spiro atoms. The third-order valence-corrected chi connectivity index (χ3v) is 5.54. The lowest BCUT2D eigenvalue weighted by Gasteiger charge is -2.13. The van der Waals surface area contributed by atoms with E-state index in [4.69, 9.17) is 0 Å². The van der Waals surface area contributed by atoms with Crippen LogP contribution in [0.25, 0.3) is 0 Å². The summed E-state index contributed by atoms with van der Waals surface area (Å²) in [7, 11) is 0. The molecule has 0 bridgehead atoms. The molecule has 0 aliphatic heterocycles. The average Bonchev–Trinajstić information content (AvgIpc) is 3.46. The number of hydrogen-bond acceptors (Lipinski definition) is 4. The van der Waals surface area contributed by atoms with Crippen LogP contribution >= 0.6 is 11.8 Å².